The molecule has 4 nitrogen and oxygen atoms in total. The zero-order chi connectivity index (χ0) is 17.0. The van der Waals surface area contributed by atoms with Gasteiger partial charge < -0.3 is 5.11 Å². The zero-order valence-corrected chi connectivity index (χ0v) is 13.7. The minimum absolute atomic E-state index is 0.213. The van der Waals surface area contributed by atoms with Crippen LogP contribution in [0.4, 0.5) is 0 Å². The highest BCUT2D eigenvalue weighted by Gasteiger charge is 2.07. The number of hydroxylamine groups is 2. The molecule has 0 aromatic heterocycles. The molecule has 0 unspecified atom stereocenters. The topological polar surface area (TPSA) is 49.8 Å². The SMILES string of the molecule is O=C=C(O)CCCCN(Cc1ccccc1)OCc1ccccc1. The van der Waals surface area contributed by atoms with Gasteiger partial charge in [-0.05, 0) is 24.0 Å². The van der Waals surface area contributed by atoms with Crippen LogP contribution in [0, 0.1) is 0 Å². The molecule has 0 spiro atoms. The van der Waals surface area contributed by atoms with Gasteiger partial charge >= 0.3 is 0 Å². The van der Waals surface area contributed by atoms with Crippen LogP contribution in [0.5, 0.6) is 0 Å². The van der Waals surface area contributed by atoms with Gasteiger partial charge in [0.2, 0.25) is 0 Å². The van der Waals surface area contributed by atoms with Crippen LogP contribution in [0.2, 0.25) is 0 Å². The molecule has 126 valence electrons. The van der Waals surface area contributed by atoms with Crippen LogP contribution >= 0.6 is 0 Å². The summed E-state index contributed by atoms with van der Waals surface area (Å²) in [6.07, 6.45) is 1.91. The molecular formula is C20H23NO3. The smallest absolute Gasteiger partial charge is 0.176 e. The zero-order valence-electron chi connectivity index (χ0n) is 13.7. The molecule has 0 aliphatic heterocycles. The molecule has 0 saturated heterocycles. The molecular weight excluding hydrogens is 302 g/mol. The molecule has 0 atom stereocenters. The van der Waals surface area contributed by atoms with Gasteiger partial charge in [0.05, 0.1) is 6.61 Å². The van der Waals surface area contributed by atoms with Gasteiger partial charge in [-0.1, -0.05) is 60.7 Å². The summed E-state index contributed by atoms with van der Waals surface area (Å²) in [5, 5.41) is 11.1. The van der Waals surface area contributed by atoms with E-state index in [2.05, 4.69) is 12.1 Å². The Labute approximate surface area is 143 Å². The molecule has 0 heterocycles. The van der Waals surface area contributed by atoms with Gasteiger partial charge in [0.15, 0.2) is 11.7 Å². The van der Waals surface area contributed by atoms with E-state index < -0.39 is 0 Å². The Hall–Kier alpha value is -2.39. The van der Waals surface area contributed by atoms with Crippen LogP contribution in [0.25, 0.3) is 0 Å². The molecule has 0 bridgehead atoms. The van der Waals surface area contributed by atoms with Gasteiger partial charge in [0.25, 0.3) is 0 Å². The lowest BCUT2D eigenvalue weighted by molar-refractivity contribution is -0.177. The third kappa shape index (κ3) is 6.80. The van der Waals surface area contributed by atoms with Gasteiger partial charge in [-0.25, -0.2) is 4.79 Å². The van der Waals surface area contributed by atoms with E-state index in [9.17, 15) is 4.79 Å². The van der Waals surface area contributed by atoms with Crippen molar-refractivity contribution in [2.24, 2.45) is 0 Å². The fourth-order valence-corrected chi connectivity index (χ4v) is 2.35. The van der Waals surface area contributed by atoms with Crippen molar-refractivity contribution in [1.29, 1.82) is 0 Å². The summed E-state index contributed by atoms with van der Waals surface area (Å²) >= 11 is 0. The Kier molecular flexibility index (Phi) is 7.78. The molecule has 2 aromatic carbocycles. The Morgan fingerprint density at radius 1 is 0.958 bits per heavy atom. The van der Waals surface area contributed by atoms with Crippen molar-refractivity contribution in [2.75, 3.05) is 6.54 Å². The lowest BCUT2D eigenvalue weighted by Gasteiger charge is -2.22. The van der Waals surface area contributed by atoms with E-state index >= 15 is 0 Å². The van der Waals surface area contributed by atoms with Crippen LogP contribution in [0.15, 0.2) is 66.4 Å². The van der Waals surface area contributed by atoms with Gasteiger partial charge in [-0.2, -0.15) is 5.06 Å². The average Bonchev–Trinajstić information content (AvgIpc) is 2.64. The van der Waals surface area contributed by atoms with Crippen LogP contribution < -0.4 is 0 Å². The number of hydrogen-bond donors (Lipinski definition) is 1. The van der Waals surface area contributed by atoms with E-state index in [0.717, 1.165) is 24.9 Å². The Morgan fingerprint density at radius 2 is 1.58 bits per heavy atom. The van der Waals surface area contributed by atoms with Crippen molar-refractivity contribution >= 4 is 5.94 Å². The third-order valence-electron chi connectivity index (χ3n) is 3.65. The van der Waals surface area contributed by atoms with E-state index in [-0.39, 0.29) is 5.76 Å². The molecule has 0 amide bonds. The maximum atomic E-state index is 10.3. The Bertz CT molecular complexity index is 636. The first kappa shape index (κ1) is 18.0. The predicted molar refractivity (Wildman–Crippen MR) is 93.8 cm³/mol. The first-order chi connectivity index (χ1) is 11.8. The van der Waals surface area contributed by atoms with Crippen LogP contribution in [0.3, 0.4) is 0 Å². The lowest BCUT2D eigenvalue weighted by Crippen LogP contribution is -2.24. The van der Waals surface area contributed by atoms with E-state index in [1.165, 1.54) is 11.5 Å². The number of aliphatic hydroxyl groups excluding tert-OH is 1. The summed E-state index contributed by atoms with van der Waals surface area (Å²) in [6, 6.07) is 20.2. The van der Waals surface area contributed by atoms with Crippen molar-refractivity contribution in [1.82, 2.24) is 5.06 Å². The van der Waals surface area contributed by atoms with E-state index in [4.69, 9.17) is 9.94 Å². The molecule has 0 radical (unpaired) electrons. The number of allylic oxidation sites excluding steroid dienone is 1. The molecule has 2 aromatic rings. The fraction of sp³-hybridized carbons (Fsp3) is 0.300. The van der Waals surface area contributed by atoms with E-state index in [0.29, 0.717) is 19.6 Å². The summed E-state index contributed by atoms with van der Waals surface area (Å²) < 4.78 is 0. The summed E-state index contributed by atoms with van der Waals surface area (Å²) in [4.78, 5) is 16.2. The van der Waals surface area contributed by atoms with E-state index in [1.807, 2.05) is 53.6 Å². The number of nitrogens with zero attached hydrogens (tertiary/aromatic N) is 1. The molecule has 0 aliphatic carbocycles. The second-order valence-electron chi connectivity index (χ2n) is 5.61. The Balaban J connectivity index is 1.86. The number of aliphatic hydroxyl groups is 1. The summed E-state index contributed by atoms with van der Waals surface area (Å²) in [6.45, 7) is 1.95. The second kappa shape index (κ2) is 10.4. The van der Waals surface area contributed by atoms with Gasteiger partial charge in [0, 0.05) is 19.5 Å². The van der Waals surface area contributed by atoms with Crippen molar-refractivity contribution in [3.05, 3.63) is 77.5 Å². The molecule has 0 fully saturated rings. The van der Waals surface area contributed by atoms with Crippen LogP contribution in [0.1, 0.15) is 30.4 Å². The molecule has 1 N–H and O–H groups in total. The minimum Gasteiger partial charge on any atom is -0.502 e. The molecule has 4 heteroatoms. The van der Waals surface area contributed by atoms with Crippen LogP contribution in [-0.4, -0.2) is 22.7 Å². The first-order valence-electron chi connectivity index (χ1n) is 8.16. The first-order valence-corrected chi connectivity index (χ1v) is 8.16. The minimum atomic E-state index is -0.213. The largest absolute Gasteiger partial charge is 0.502 e. The standard InChI is InChI=1S/C20H23NO3/c22-16-20(23)13-7-8-14-21(15-18-9-3-1-4-10-18)24-17-19-11-5-2-6-12-19/h1-6,9-12,23H,7-8,13-15,17H2. The predicted octanol–water partition coefficient (Wildman–Crippen LogP) is 4.06. The maximum absolute atomic E-state index is 10.3. The van der Waals surface area contributed by atoms with Crippen molar-refractivity contribution in [3.63, 3.8) is 0 Å². The summed E-state index contributed by atoms with van der Waals surface area (Å²) in [7, 11) is 0. The molecule has 2 rings (SSSR count). The van der Waals surface area contributed by atoms with Crippen LogP contribution in [-0.2, 0) is 22.8 Å². The monoisotopic (exact) mass is 325 g/mol. The van der Waals surface area contributed by atoms with Crippen molar-refractivity contribution in [2.45, 2.75) is 32.4 Å². The quantitative estimate of drug-likeness (QED) is 0.310. The number of benzene rings is 2. The highest BCUT2D eigenvalue weighted by atomic mass is 16.7. The number of unbranched alkanes of at least 4 members (excludes halogenated alkanes) is 1. The fourth-order valence-electron chi connectivity index (χ4n) is 2.35. The number of rotatable bonds is 10. The van der Waals surface area contributed by atoms with Gasteiger partial charge in [0.1, 0.15) is 0 Å². The van der Waals surface area contributed by atoms with Gasteiger partial charge in [-0.3, -0.25) is 4.84 Å². The number of carbonyl (C=O) groups excluding carboxylic acids is 1. The Morgan fingerprint density at radius 3 is 2.21 bits per heavy atom. The maximum Gasteiger partial charge on any atom is 0.176 e. The second-order valence-corrected chi connectivity index (χ2v) is 5.61. The van der Waals surface area contributed by atoms with Crippen molar-refractivity contribution < 1.29 is 14.7 Å². The average molecular weight is 325 g/mol. The molecule has 24 heavy (non-hydrogen) atoms. The van der Waals surface area contributed by atoms with E-state index in [1.54, 1.807) is 0 Å². The van der Waals surface area contributed by atoms with Gasteiger partial charge in [-0.15, -0.1) is 0 Å². The lowest BCUT2D eigenvalue weighted by atomic mass is 10.2. The highest BCUT2D eigenvalue weighted by molar-refractivity contribution is 5.48. The number of hydrogen-bond acceptors (Lipinski definition) is 4. The highest BCUT2D eigenvalue weighted by Crippen LogP contribution is 2.11. The van der Waals surface area contributed by atoms with Crippen molar-refractivity contribution in [3.8, 4) is 0 Å². The summed E-state index contributed by atoms with van der Waals surface area (Å²) in [5.41, 5.74) is 2.30. The summed E-state index contributed by atoms with van der Waals surface area (Å²) in [5.74, 6) is 1.30. The molecule has 0 aliphatic rings. The third-order valence-corrected chi connectivity index (χ3v) is 3.65. The normalized spacial score (nSPS) is 10.5. The molecule has 0 saturated carbocycles.